The van der Waals surface area contributed by atoms with E-state index in [1.54, 1.807) is 12.4 Å². The van der Waals surface area contributed by atoms with Crippen LogP contribution in [-0.4, -0.2) is 65.0 Å². The molecule has 0 radical (unpaired) electrons. The van der Waals surface area contributed by atoms with Crippen LogP contribution in [0.2, 0.25) is 0 Å². The van der Waals surface area contributed by atoms with Crippen molar-refractivity contribution in [3.05, 3.63) is 63.7 Å². The molecule has 272 valence electrons. The molecule has 2 aliphatic heterocycles. The molecule has 0 unspecified atom stereocenters. The van der Waals surface area contributed by atoms with Crippen LogP contribution in [0.25, 0.3) is 0 Å². The van der Waals surface area contributed by atoms with Gasteiger partial charge in [0.1, 0.15) is 0 Å². The highest BCUT2D eigenvalue weighted by Gasteiger charge is 2.18. The van der Waals surface area contributed by atoms with Crippen molar-refractivity contribution in [2.45, 2.75) is 63.0 Å². The third-order valence-corrected chi connectivity index (χ3v) is 11.7. The number of piperidine rings is 2. The molecule has 2 aliphatic rings. The number of rotatable bonds is 10. The molecule has 2 aromatic heterocycles. The van der Waals surface area contributed by atoms with Crippen LogP contribution >= 0.6 is 50.4 Å². The average Bonchev–Trinajstić information content (AvgIpc) is 3.74. The molecule has 0 saturated carbocycles. The summed E-state index contributed by atoms with van der Waals surface area (Å²) in [6.45, 7) is 8.21. The smallest absolute Gasteiger partial charge is 0.325 e. The molecule has 16 heteroatoms. The Balaban J connectivity index is 0.000000201. The molecule has 6 rings (SSSR count). The molecule has 2 aromatic carbocycles. The molecule has 12 nitrogen and oxygen atoms in total. The summed E-state index contributed by atoms with van der Waals surface area (Å²) in [7, 11) is 0. The number of aromatic nitrogens is 2. The number of aliphatic carboxylic acids is 1. The minimum atomic E-state index is -0.822. The Morgan fingerprint density at radius 1 is 0.745 bits per heavy atom. The van der Waals surface area contributed by atoms with E-state index in [0.717, 1.165) is 62.5 Å². The molecule has 0 atom stereocenters. The van der Waals surface area contributed by atoms with E-state index < -0.39 is 5.97 Å². The second-order valence-corrected chi connectivity index (χ2v) is 17.1. The number of hydrogen-bond donors (Lipinski definition) is 5. The lowest BCUT2D eigenvalue weighted by atomic mass is 10.1. The number of nitrogens with one attached hydrogen (secondary N) is 4. The lowest BCUT2D eigenvalue weighted by Gasteiger charge is -2.30. The number of urea groups is 2. The van der Waals surface area contributed by atoms with Gasteiger partial charge in [0, 0.05) is 31.9 Å². The van der Waals surface area contributed by atoms with Gasteiger partial charge in [-0.15, -0.1) is 11.8 Å². The second kappa shape index (κ2) is 19.1. The van der Waals surface area contributed by atoms with E-state index in [-0.39, 0.29) is 18.5 Å². The van der Waals surface area contributed by atoms with Gasteiger partial charge in [0.15, 0.2) is 10.3 Å². The summed E-state index contributed by atoms with van der Waals surface area (Å²) in [5.74, 6) is -0.344. The Bertz CT molecular complexity index is 1790. The van der Waals surface area contributed by atoms with Crippen LogP contribution in [0.15, 0.2) is 56.8 Å². The molecule has 0 spiro atoms. The Labute approximate surface area is 319 Å². The van der Waals surface area contributed by atoms with Gasteiger partial charge >= 0.3 is 18.0 Å². The number of carboxylic acid groups (broad SMARTS) is 1. The second-order valence-electron chi connectivity index (χ2n) is 12.2. The highest BCUT2D eigenvalue weighted by molar-refractivity contribution is 9.11. The zero-order valence-corrected chi connectivity index (χ0v) is 32.7. The van der Waals surface area contributed by atoms with Gasteiger partial charge in [-0.2, -0.15) is 0 Å². The van der Waals surface area contributed by atoms with E-state index >= 15 is 0 Å². The van der Waals surface area contributed by atoms with Crippen LogP contribution in [0.4, 0.5) is 42.6 Å². The lowest BCUT2D eigenvalue weighted by molar-refractivity contribution is -0.136. The number of anilines is 6. The predicted octanol–water partition coefficient (Wildman–Crippen LogP) is 9.50. The van der Waals surface area contributed by atoms with Crippen molar-refractivity contribution in [1.82, 2.24) is 9.97 Å². The quantitative estimate of drug-likeness (QED) is 0.0986. The summed E-state index contributed by atoms with van der Waals surface area (Å²) >= 11 is 7.48. The minimum Gasteiger partial charge on any atom is -0.481 e. The highest BCUT2D eigenvalue weighted by atomic mass is 79.9. The lowest BCUT2D eigenvalue weighted by Crippen LogP contribution is -2.31. The number of carboxylic acids is 1. The van der Waals surface area contributed by atoms with E-state index in [9.17, 15) is 14.4 Å². The van der Waals surface area contributed by atoms with Gasteiger partial charge in [-0.1, -0.05) is 34.8 Å². The standard InChI is InChI=1S/C19H24N4O3S2.C16H19BrN4OS/c1-13-5-6-14(15(11-13)23-8-3-2-4-9-23)21-18(26)22-19-20-12-17(28-19)27-10-7-16(24)25;1-11-5-6-12(13(9-11)21-7-3-2-4-8-21)19-15(22)20-16-18-10-14(17)23-16/h5-6,11-12H,2-4,7-10H2,1H3,(H,24,25)(H2,20,21,22,26);5-6,9-10H,2-4,7-8H2,1H3,(H2,18,19,20,22). The fourth-order valence-corrected chi connectivity index (χ4v) is 8.70. The van der Waals surface area contributed by atoms with Crippen molar-refractivity contribution in [2.24, 2.45) is 0 Å². The molecule has 51 heavy (non-hydrogen) atoms. The molecule has 4 aromatic rings. The molecule has 5 N–H and O–H groups in total. The minimum absolute atomic E-state index is 0.0957. The molecule has 2 fully saturated rings. The van der Waals surface area contributed by atoms with Gasteiger partial charge < -0.3 is 25.5 Å². The van der Waals surface area contributed by atoms with Gasteiger partial charge in [-0.25, -0.2) is 19.6 Å². The number of hydrogen-bond acceptors (Lipinski definition) is 10. The fourth-order valence-electron chi connectivity index (χ4n) is 5.72. The normalized spacial score (nSPS) is 14.3. The first-order chi connectivity index (χ1) is 24.6. The van der Waals surface area contributed by atoms with Crippen molar-refractivity contribution < 1.29 is 19.5 Å². The van der Waals surface area contributed by atoms with Crippen LogP contribution < -0.4 is 31.1 Å². The Kier molecular flexibility index (Phi) is 14.4. The molecule has 2 saturated heterocycles. The van der Waals surface area contributed by atoms with E-state index in [4.69, 9.17) is 5.11 Å². The van der Waals surface area contributed by atoms with Crippen LogP contribution in [0.1, 0.15) is 56.1 Å². The summed E-state index contributed by atoms with van der Waals surface area (Å²) < 4.78 is 1.76. The van der Waals surface area contributed by atoms with E-state index in [0.29, 0.717) is 16.0 Å². The SMILES string of the molecule is Cc1ccc(NC(=O)Nc2ncc(Br)s2)c(N2CCCCC2)c1.Cc1ccc(NC(=O)Nc2ncc(SCCC(=O)O)s2)c(N2CCCCC2)c1. The number of thiazole rings is 2. The number of amides is 4. The summed E-state index contributed by atoms with van der Waals surface area (Å²) in [5.41, 5.74) is 6.14. The van der Waals surface area contributed by atoms with Crippen LogP contribution in [0.5, 0.6) is 0 Å². The average molecular weight is 816 g/mol. The predicted molar refractivity (Wildman–Crippen MR) is 215 cm³/mol. The largest absolute Gasteiger partial charge is 0.481 e. The maximum absolute atomic E-state index is 12.5. The number of benzene rings is 2. The summed E-state index contributed by atoms with van der Waals surface area (Å²) in [6.07, 6.45) is 10.7. The van der Waals surface area contributed by atoms with Crippen molar-refractivity contribution in [1.29, 1.82) is 0 Å². The zero-order valence-electron chi connectivity index (χ0n) is 28.7. The van der Waals surface area contributed by atoms with Crippen molar-refractivity contribution in [3.8, 4) is 0 Å². The van der Waals surface area contributed by atoms with Gasteiger partial charge in [0.25, 0.3) is 0 Å². The van der Waals surface area contributed by atoms with Crippen LogP contribution in [-0.2, 0) is 4.79 Å². The van der Waals surface area contributed by atoms with Crippen molar-refractivity contribution >= 4 is 101 Å². The summed E-state index contributed by atoms with van der Waals surface area (Å²) in [5, 5.41) is 21.2. The first-order valence-electron chi connectivity index (χ1n) is 16.9. The Morgan fingerprint density at radius 3 is 1.71 bits per heavy atom. The molecule has 0 bridgehead atoms. The monoisotopic (exact) mass is 814 g/mol. The Morgan fingerprint density at radius 2 is 1.24 bits per heavy atom. The maximum atomic E-state index is 12.5. The summed E-state index contributed by atoms with van der Waals surface area (Å²) in [4.78, 5) is 48.2. The number of aryl methyl sites for hydroxylation is 2. The first kappa shape index (κ1) is 38.4. The molecular formula is C35H43BrN8O4S3. The number of thioether (sulfide) groups is 1. The van der Waals surface area contributed by atoms with Gasteiger partial charge in [0.05, 0.1) is 49.6 Å². The van der Waals surface area contributed by atoms with E-state index in [2.05, 4.69) is 82.9 Å². The van der Waals surface area contributed by atoms with Gasteiger partial charge in [-0.3, -0.25) is 15.4 Å². The van der Waals surface area contributed by atoms with Crippen molar-refractivity contribution in [2.75, 3.05) is 63.0 Å². The maximum Gasteiger partial charge on any atom is 0.325 e. The van der Waals surface area contributed by atoms with Crippen LogP contribution in [0.3, 0.4) is 0 Å². The number of nitrogens with zero attached hydrogens (tertiary/aromatic N) is 4. The van der Waals surface area contributed by atoms with Gasteiger partial charge in [-0.05, 0) is 104 Å². The van der Waals surface area contributed by atoms with Crippen molar-refractivity contribution in [3.63, 3.8) is 0 Å². The molecule has 4 heterocycles. The number of carbonyl (C=O) groups excluding carboxylic acids is 2. The molecular weight excluding hydrogens is 773 g/mol. The molecule has 4 amide bonds. The zero-order chi connectivity index (χ0) is 36.2. The Hall–Kier alpha value is -3.86. The van der Waals surface area contributed by atoms with Crippen LogP contribution in [0, 0.1) is 13.8 Å². The van der Waals surface area contributed by atoms with E-state index in [1.807, 2.05) is 24.3 Å². The molecule has 0 aliphatic carbocycles. The first-order valence-corrected chi connectivity index (χ1v) is 20.3. The number of carbonyl (C=O) groups is 3. The summed E-state index contributed by atoms with van der Waals surface area (Å²) in [6, 6.07) is 11.6. The third kappa shape index (κ3) is 12.1. The highest BCUT2D eigenvalue weighted by Crippen LogP contribution is 2.32. The van der Waals surface area contributed by atoms with E-state index in [1.165, 1.54) is 78.5 Å². The topological polar surface area (TPSA) is 152 Å². The fraction of sp³-hybridized carbons (Fsp3) is 0.400. The van der Waals surface area contributed by atoms with Gasteiger partial charge in [0.2, 0.25) is 0 Å². The third-order valence-electron chi connectivity index (χ3n) is 8.16. The number of halogens is 1.